The molecular weight excluding hydrogens is 422 g/mol. The zero-order chi connectivity index (χ0) is 23.5. The van der Waals surface area contributed by atoms with Crippen LogP contribution in [0.15, 0.2) is 36.4 Å². The Hall–Kier alpha value is -2.60. The molecular formula is C27H32F2N2O2. The van der Waals surface area contributed by atoms with Gasteiger partial charge in [-0.15, -0.1) is 0 Å². The number of halogens is 2. The van der Waals surface area contributed by atoms with Crippen molar-refractivity contribution < 1.29 is 18.4 Å². The van der Waals surface area contributed by atoms with Crippen molar-refractivity contribution in [3.63, 3.8) is 0 Å². The maximum Gasteiger partial charge on any atom is 0.226 e. The van der Waals surface area contributed by atoms with Crippen LogP contribution in [0.4, 0.5) is 8.78 Å². The molecule has 1 saturated heterocycles. The first kappa shape index (κ1) is 23.6. The number of carbonyl (C=O) groups excluding carboxylic acids is 2. The molecule has 0 bridgehead atoms. The summed E-state index contributed by atoms with van der Waals surface area (Å²) in [6, 6.07) is 8.65. The van der Waals surface area contributed by atoms with Gasteiger partial charge in [0, 0.05) is 50.1 Å². The molecule has 1 heterocycles. The van der Waals surface area contributed by atoms with Crippen molar-refractivity contribution in [1.82, 2.24) is 9.80 Å². The third-order valence-corrected chi connectivity index (χ3v) is 7.18. The molecule has 2 aromatic rings. The lowest BCUT2D eigenvalue weighted by Crippen LogP contribution is -2.54. The van der Waals surface area contributed by atoms with E-state index >= 15 is 0 Å². The Labute approximate surface area is 194 Å². The number of amides is 1. The monoisotopic (exact) mass is 454 g/mol. The lowest BCUT2D eigenvalue weighted by Gasteiger charge is -2.41. The van der Waals surface area contributed by atoms with Gasteiger partial charge >= 0.3 is 0 Å². The van der Waals surface area contributed by atoms with E-state index in [9.17, 15) is 18.4 Å². The molecule has 4 nitrogen and oxygen atoms in total. The number of ketones is 1. The van der Waals surface area contributed by atoms with Crippen LogP contribution < -0.4 is 0 Å². The lowest BCUT2D eigenvalue weighted by atomic mass is 9.95. The van der Waals surface area contributed by atoms with E-state index in [1.807, 2.05) is 11.8 Å². The van der Waals surface area contributed by atoms with E-state index in [4.69, 9.17) is 0 Å². The maximum absolute atomic E-state index is 14.5. The Morgan fingerprint density at radius 2 is 1.73 bits per heavy atom. The quantitative estimate of drug-likeness (QED) is 0.582. The summed E-state index contributed by atoms with van der Waals surface area (Å²) in [5.41, 5.74) is 2.65. The minimum atomic E-state index is -0.461. The van der Waals surface area contributed by atoms with Crippen molar-refractivity contribution in [3.8, 4) is 0 Å². The molecule has 1 saturated carbocycles. The number of rotatable bonds is 6. The molecule has 1 aliphatic carbocycles. The highest BCUT2D eigenvalue weighted by atomic mass is 19.1. The molecule has 176 valence electrons. The smallest absolute Gasteiger partial charge is 0.226 e. The second kappa shape index (κ2) is 10.1. The van der Waals surface area contributed by atoms with Crippen LogP contribution in [-0.2, 0) is 17.8 Å². The van der Waals surface area contributed by atoms with Crippen LogP contribution in [0.5, 0.6) is 0 Å². The Balaban J connectivity index is 1.43. The van der Waals surface area contributed by atoms with Gasteiger partial charge in [-0.05, 0) is 67.6 Å². The summed E-state index contributed by atoms with van der Waals surface area (Å²) in [4.78, 5) is 29.8. The molecule has 1 atom stereocenters. The fraction of sp³-hybridized carbons (Fsp3) is 0.481. The van der Waals surface area contributed by atoms with Gasteiger partial charge < -0.3 is 4.90 Å². The number of piperazine rings is 1. The number of nitrogens with zero attached hydrogens (tertiary/aromatic N) is 2. The van der Waals surface area contributed by atoms with Crippen molar-refractivity contribution >= 4 is 11.7 Å². The molecule has 2 aliphatic rings. The van der Waals surface area contributed by atoms with Gasteiger partial charge in [-0.25, -0.2) is 8.78 Å². The SMILES string of the molecule is Cc1c(CC(=O)c2cccc(F)c2)cc(F)cc1CN1CCN(C(=O)C2CCCC2)[C@@H](C)C1. The van der Waals surface area contributed by atoms with Gasteiger partial charge in [0.1, 0.15) is 11.6 Å². The van der Waals surface area contributed by atoms with Crippen LogP contribution in [-0.4, -0.2) is 47.2 Å². The predicted octanol–water partition coefficient (Wildman–Crippen LogP) is 4.92. The molecule has 4 rings (SSSR count). The normalized spacial score (nSPS) is 19.8. The Bertz CT molecular complexity index is 1030. The highest BCUT2D eigenvalue weighted by Gasteiger charge is 2.33. The summed E-state index contributed by atoms with van der Waals surface area (Å²) >= 11 is 0. The molecule has 6 heteroatoms. The molecule has 1 aliphatic heterocycles. The topological polar surface area (TPSA) is 40.6 Å². The molecule has 2 aromatic carbocycles. The van der Waals surface area contributed by atoms with Gasteiger partial charge in [-0.1, -0.05) is 25.0 Å². The summed E-state index contributed by atoms with van der Waals surface area (Å²) in [6.45, 7) is 6.74. The van der Waals surface area contributed by atoms with E-state index < -0.39 is 5.82 Å². The Morgan fingerprint density at radius 3 is 2.42 bits per heavy atom. The maximum atomic E-state index is 14.5. The largest absolute Gasteiger partial charge is 0.337 e. The second-order valence-corrected chi connectivity index (χ2v) is 9.56. The summed E-state index contributed by atoms with van der Waals surface area (Å²) < 4.78 is 27.9. The van der Waals surface area contributed by atoms with Crippen LogP contribution in [0.2, 0.25) is 0 Å². The van der Waals surface area contributed by atoms with Crippen LogP contribution >= 0.6 is 0 Å². The fourth-order valence-corrected chi connectivity index (χ4v) is 5.23. The van der Waals surface area contributed by atoms with Crippen LogP contribution in [0, 0.1) is 24.5 Å². The molecule has 0 unspecified atom stereocenters. The van der Waals surface area contributed by atoms with E-state index in [0.29, 0.717) is 24.6 Å². The van der Waals surface area contributed by atoms with E-state index in [1.54, 1.807) is 6.07 Å². The standard InChI is InChI=1S/C27H32F2N2O2/c1-18-16-30(10-11-31(18)27(33)20-6-3-4-7-20)17-23-14-25(29)13-22(19(23)2)15-26(32)21-8-5-9-24(28)12-21/h5,8-9,12-14,18,20H,3-4,6-7,10-11,15-17H2,1-2H3/t18-/m0/s1. The number of hydrogen-bond donors (Lipinski definition) is 0. The zero-order valence-corrected chi connectivity index (χ0v) is 19.4. The molecule has 2 fully saturated rings. The average molecular weight is 455 g/mol. The van der Waals surface area contributed by atoms with Gasteiger partial charge in [-0.3, -0.25) is 14.5 Å². The average Bonchev–Trinajstić information content (AvgIpc) is 3.31. The molecule has 1 amide bonds. The minimum absolute atomic E-state index is 0.0279. The number of hydrogen-bond acceptors (Lipinski definition) is 3. The zero-order valence-electron chi connectivity index (χ0n) is 19.4. The lowest BCUT2D eigenvalue weighted by molar-refractivity contribution is -0.140. The second-order valence-electron chi connectivity index (χ2n) is 9.56. The number of carbonyl (C=O) groups is 2. The molecule has 0 aromatic heterocycles. The first-order chi connectivity index (χ1) is 15.8. The van der Waals surface area contributed by atoms with E-state index in [2.05, 4.69) is 11.8 Å². The van der Waals surface area contributed by atoms with Crippen LogP contribution in [0.25, 0.3) is 0 Å². The molecule has 0 radical (unpaired) electrons. The highest BCUT2D eigenvalue weighted by Crippen LogP contribution is 2.28. The predicted molar refractivity (Wildman–Crippen MR) is 124 cm³/mol. The van der Waals surface area contributed by atoms with Gasteiger partial charge in [0.2, 0.25) is 5.91 Å². The molecule has 0 N–H and O–H groups in total. The summed E-state index contributed by atoms with van der Waals surface area (Å²) in [6.07, 6.45) is 4.33. The molecule has 33 heavy (non-hydrogen) atoms. The van der Waals surface area contributed by atoms with Crippen molar-refractivity contribution in [2.75, 3.05) is 19.6 Å². The summed E-state index contributed by atoms with van der Waals surface area (Å²) in [5.74, 6) is -0.595. The van der Waals surface area contributed by atoms with Crippen molar-refractivity contribution in [2.45, 2.75) is 58.5 Å². The fourth-order valence-electron chi connectivity index (χ4n) is 5.23. The van der Waals surface area contributed by atoms with E-state index in [1.165, 1.54) is 30.3 Å². The van der Waals surface area contributed by atoms with Gasteiger partial charge in [-0.2, -0.15) is 0 Å². The molecule has 0 spiro atoms. The summed E-state index contributed by atoms with van der Waals surface area (Å²) in [7, 11) is 0. The third kappa shape index (κ3) is 5.49. The summed E-state index contributed by atoms with van der Waals surface area (Å²) in [5, 5.41) is 0. The minimum Gasteiger partial charge on any atom is -0.337 e. The first-order valence-electron chi connectivity index (χ1n) is 11.9. The highest BCUT2D eigenvalue weighted by molar-refractivity contribution is 5.97. The van der Waals surface area contributed by atoms with Crippen molar-refractivity contribution in [3.05, 3.63) is 70.3 Å². The van der Waals surface area contributed by atoms with E-state index in [0.717, 1.165) is 49.9 Å². The number of Topliss-reactive ketones (excluding diaryl/α,β-unsaturated/α-hetero) is 1. The third-order valence-electron chi connectivity index (χ3n) is 7.18. The van der Waals surface area contributed by atoms with Crippen molar-refractivity contribution in [1.29, 1.82) is 0 Å². The van der Waals surface area contributed by atoms with Crippen LogP contribution in [0.3, 0.4) is 0 Å². The van der Waals surface area contributed by atoms with Gasteiger partial charge in [0.25, 0.3) is 0 Å². The van der Waals surface area contributed by atoms with Crippen molar-refractivity contribution in [2.24, 2.45) is 5.92 Å². The van der Waals surface area contributed by atoms with E-state index in [-0.39, 0.29) is 35.5 Å². The van der Waals surface area contributed by atoms with Crippen LogP contribution in [0.1, 0.15) is 59.7 Å². The first-order valence-corrected chi connectivity index (χ1v) is 11.9. The van der Waals surface area contributed by atoms with Gasteiger partial charge in [0.05, 0.1) is 0 Å². The Kier molecular flexibility index (Phi) is 7.23. The van der Waals surface area contributed by atoms with Gasteiger partial charge in [0.15, 0.2) is 5.78 Å². The Morgan fingerprint density at radius 1 is 1.00 bits per heavy atom. The number of benzene rings is 2.